The maximum Gasteiger partial charge on any atom is -0.00990 e. The van der Waals surface area contributed by atoms with Crippen LogP contribution in [0.1, 0.15) is 0 Å². The molecule has 0 atom stereocenters. The van der Waals surface area contributed by atoms with Crippen molar-refractivity contribution in [3.63, 3.8) is 0 Å². The van der Waals surface area contributed by atoms with Crippen molar-refractivity contribution >= 4 is 0 Å². The van der Waals surface area contributed by atoms with Gasteiger partial charge in [-0.25, -0.2) is 0 Å². The zero-order chi connectivity index (χ0) is 17.9. The lowest BCUT2D eigenvalue weighted by atomic mass is 10.0. The maximum absolute atomic E-state index is 3.00. The topological polar surface area (TPSA) is 0 Å². The molecule has 0 aliphatic heterocycles. The Kier molecular flexibility index (Phi) is 4.25. The van der Waals surface area contributed by atoms with Gasteiger partial charge in [0.25, 0.3) is 0 Å². The van der Waals surface area contributed by atoms with Crippen molar-refractivity contribution in [2.24, 2.45) is 0 Å². The highest BCUT2D eigenvalue weighted by Crippen LogP contribution is 2.12. The van der Waals surface area contributed by atoms with Crippen molar-refractivity contribution in [3.05, 3.63) is 152 Å². The van der Waals surface area contributed by atoms with Gasteiger partial charge in [0.05, 0.1) is 0 Å². The molecule has 26 heavy (non-hydrogen) atoms. The van der Waals surface area contributed by atoms with Crippen LogP contribution in [0.2, 0.25) is 0 Å². The molecular weight excluding hydrogens is 312 g/mol. The van der Waals surface area contributed by atoms with E-state index < -0.39 is 0 Å². The van der Waals surface area contributed by atoms with E-state index >= 15 is 0 Å². The molecule has 1 aliphatic rings. The third-order valence-corrected chi connectivity index (χ3v) is 4.87. The molecule has 5 rings (SSSR count). The Labute approximate surface area is 152 Å². The molecule has 0 heteroatoms. The molecule has 0 nitrogen and oxygen atoms in total. The minimum atomic E-state index is 1.30. The Morgan fingerprint density at radius 3 is 0.500 bits per heavy atom. The standard InChI is InChI=1S/C24H16.C2H4/c1-2-10-18-17(9-1)19-11-3-4-13-21(19)23-15-7-8-16-24(23)22-14-6-5-12-20(18)22;1-2/h1-16H;1-2H2/b19-17-,20-18-,23-21-,24-22-;. The van der Waals surface area contributed by atoms with Crippen LogP contribution in [0.15, 0.2) is 110 Å². The molecule has 124 valence electrons. The molecule has 4 aromatic carbocycles. The fraction of sp³-hybridized carbons (Fsp3) is 0. The van der Waals surface area contributed by atoms with Crippen molar-refractivity contribution in [1.82, 2.24) is 0 Å². The Morgan fingerprint density at radius 2 is 0.385 bits per heavy atom. The smallest absolute Gasteiger partial charge is 0.00990 e. The predicted octanol–water partition coefficient (Wildman–Crippen LogP) is 5.95. The molecule has 0 bridgehead atoms. The Morgan fingerprint density at radius 1 is 0.269 bits per heavy atom. The number of rotatable bonds is 0. The highest BCUT2D eigenvalue weighted by molar-refractivity contribution is 5.29. The summed E-state index contributed by atoms with van der Waals surface area (Å²) in [7, 11) is 0. The first-order valence-corrected chi connectivity index (χ1v) is 8.81. The van der Waals surface area contributed by atoms with Crippen molar-refractivity contribution in [2.45, 2.75) is 0 Å². The third-order valence-electron chi connectivity index (χ3n) is 4.87. The van der Waals surface area contributed by atoms with E-state index in [1.807, 2.05) is 0 Å². The third kappa shape index (κ3) is 2.48. The first-order chi connectivity index (χ1) is 12.9. The van der Waals surface area contributed by atoms with Crippen molar-refractivity contribution < 1.29 is 0 Å². The van der Waals surface area contributed by atoms with E-state index in [1.165, 1.54) is 41.7 Å². The van der Waals surface area contributed by atoms with E-state index in [-0.39, 0.29) is 0 Å². The summed E-state index contributed by atoms with van der Waals surface area (Å²) in [4.78, 5) is 0. The lowest BCUT2D eigenvalue weighted by molar-refractivity contribution is 1.29. The predicted molar refractivity (Wildman–Crippen MR) is 108 cm³/mol. The minimum Gasteiger partial charge on any atom is -0.106 e. The molecule has 0 saturated carbocycles. The Balaban J connectivity index is 0.000000814. The molecule has 0 heterocycles. The summed E-state index contributed by atoms with van der Waals surface area (Å²) in [6, 6.07) is 34.9. The lowest BCUT2D eigenvalue weighted by Crippen LogP contribution is -1.88. The second kappa shape index (κ2) is 6.85. The van der Waals surface area contributed by atoms with Gasteiger partial charge in [-0.15, -0.1) is 13.2 Å². The highest BCUT2D eigenvalue weighted by atomic mass is 14.0. The maximum atomic E-state index is 3.00. The van der Waals surface area contributed by atoms with Gasteiger partial charge in [-0.1, -0.05) is 97.1 Å². The van der Waals surface area contributed by atoms with Gasteiger partial charge >= 0.3 is 0 Å². The summed E-state index contributed by atoms with van der Waals surface area (Å²) in [6.07, 6.45) is 0. The molecule has 0 aromatic heterocycles. The normalized spacial score (nSPS) is 16.2. The first kappa shape index (κ1) is 16.1. The van der Waals surface area contributed by atoms with Gasteiger partial charge in [0, 0.05) is 0 Å². The molecule has 0 fully saturated rings. The van der Waals surface area contributed by atoms with Crippen LogP contribution in [0.4, 0.5) is 0 Å². The molecule has 0 unspecified atom stereocenters. The summed E-state index contributed by atoms with van der Waals surface area (Å²) < 4.78 is 0. The van der Waals surface area contributed by atoms with Gasteiger partial charge in [0.2, 0.25) is 0 Å². The molecule has 4 aromatic rings. The Bertz CT molecular complexity index is 1080. The fourth-order valence-corrected chi connectivity index (χ4v) is 3.81. The monoisotopic (exact) mass is 332 g/mol. The fourth-order valence-electron chi connectivity index (χ4n) is 3.81. The van der Waals surface area contributed by atoms with Gasteiger partial charge in [-0.2, -0.15) is 0 Å². The number of hydrogen-bond donors (Lipinski definition) is 0. The molecule has 0 radical (unpaired) electrons. The first-order valence-electron chi connectivity index (χ1n) is 8.81. The van der Waals surface area contributed by atoms with Crippen LogP contribution in [0, 0.1) is 41.7 Å². The van der Waals surface area contributed by atoms with Crippen molar-refractivity contribution in [2.75, 3.05) is 0 Å². The summed E-state index contributed by atoms with van der Waals surface area (Å²) in [6.45, 7) is 6.00. The largest absolute Gasteiger partial charge is 0.106 e. The number of benzene rings is 4. The molecular formula is C26H20. The van der Waals surface area contributed by atoms with Gasteiger partial charge in [0.15, 0.2) is 0 Å². The van der Waals surface area contributed by atoms with Crippen LogP contribution in [-0.2, 0) is 0 Å². The van der Waals surface area contributed by atoms with E-state index in [1.54, 1.807) is 0 Å². The van der Waals surface area contributed by atoms with E-state index in [9.17, 15) is 0 Å². The highest BCUT2D eigenvalue weighted by Gasteiger charge is 1.98. The van der Waals surface area contributed by atoms with Gasteiger partial charge in [0.1, 0.15) is 0 Å². The molecule has 1 aliphatic carbocycles. The van der Waals surface area contributed by atoms with Crippen molar-refractivity contribution in [1.29, 1.82) is 0 Å². The van der Waals surface area contributed by atoms with E-state index in [0.29, 0.717) is 0 Å². The molecule has 0 N–H and O–H groups in total. The zero-order valence-electron chi connectivity index (χ0n) is 14.7. The number of hydrogen-bond acceptors (Lipinski definition) is 0. The van der Waals surface area contributed by atoms with Crippen molar-refractivity contribution in [3.8, 4) is 0 Å². The molecule has 0 spiro atoms. The van der Waals surface area contributed by atoms with Crippen LogP contribution in [-0.4, -0.2) is 0 Å². The minimum absolute atomic E-state index is 1.30. The SMILES string of the molecule is C=C.c1ccc2/c(c1)=c1/cccc/c1=c1\cccc\c1=c1/cccc/c1=2. The van der Waals surface area contributed by atoms with Gasteiger partial charge in [-0.3, -0.25) is 0 Å². The summed E-state index contributed by atoms with van der Waals surface area (Å²) in [5.41, 5.74) is 0. The van der Waals surface area contributed by atoms with Crippen LogP contribution in [0.25, 0.3) is 0 Å². The quantitative estimate of drug-likeness (QED) is 0.307. The van der Waals surface area contributed by atoms with Crippen LogP contribution in [0.3, 0.4) is 0 Å². The van der Waals surface area contributed by atoms with E-state index in [4.69, 9.17) is 0 Å². The number of fused-ring (bicyclic) bond motifs is 4. The van der Waals surface area contributed by atoms with Crippen LogP contribution in [0.5, 0.6) is 0 Å². The summed E-state index contributed by atoms with van der Waals surface area (Å²) in [5.74, 6) is 0. The van der Waals surface area contributed by atoms with Crippen LogP contribution < -0.4 is 0 Å². The second-order valence-electron chi connectivity index (χ2n) is 6.18. The summed E-state index contributed by atoms with van der Waals surface area (Å²) >= 11 is 0. The van der Waals surface area contributed by atoms with Gasteiger partial charge < -0.3 is 0 Å². The van der Waals surface area contributed by atoms with E-state index in [0.717, 1.165) is 0 Å². The average Bonchev–Trinajstić information content (AvgIpc) is 2.74. The van der Waals surface area contributed by atoms with Gasteiger partial charge in [-0.05, 0) is 41.7 Å². The zero-order valence-corrected chi connectivity index (χ0v) is 14.7. The summed E-state index contributed by atoms with van der Waals surface area (Å²) in [5, 5.41) is 10.4. The molecule has 0 saturated heterocycles. The second-order valence-corrected chi connectivity index (χ2v) is 6.18. The average molecular weight is 332 g/mol. The van der Waals surface area contributed by atoms with E-state index in [2.05, 4.69) is 110 Å². The van der Waals surface area contributed by atoms with Crippen LogP contribution >= 0.6 is 0 Å². The lowest BCUT2D eigenvalue weighted by Gasteiger charge is -2.02. The molecule has 0 amide bonds. The Hall–Kier alpha value is -3.38.